The van der Waals surface area contributed by atoms with Gasteiger partial charge in [-0.15, -0.1) is 0 Å². The SMILES string of the molecule is O=C(CN1C(=O)COc2ccc(Br)nc21)Nc1ccc([N+](=O)[O-])cc1. The number of hydrogen-bond acceptors (Lipinski definition) is 6. The Morgan fingerprint density at radius 2 is 2.04 bits per heavy atom. The second kappa shape index (κ2) is 6.85. The molecule has 1 aromatic heterocycles. The van der Waals surface area contributed by atoms with Crippen molar-refractivity contribution in [3.63, 3.8) is 0 Å². The van der Waals surface area contributed by atoms with Crippen molar-refractivity contribution in [1.29, 1.82) is 0 Å². The number of hydrogen-bond donors (Lipinski definition) is 1. The Kier molecular flexibility index (Phi) is 4.61. The zero-order chi connectivity index (χ0) is 18.0. The summed E-state index contributed by atoms with van der Waals surface area (Å²) < 4.78 is 5.79. The number of anilines is 2. The zero-order valence-electron chi connectivity index (χ0n) is 12.6. The molecule has 2 heterocycles. The molecule has 2 amide bonds. The van der Waals surface area contributed by atoms with Crippen LogP contribution >= 0.6 is 15.9 Å². The predicted octanol–water partition coefficient (Wildman–Crippen LogP) is 2.12. The van der Waals surface area contributed by atoms with Crippen LogP contribution in [0, 0.1) is 10.1 Å². The molecular formula is C15H11BrN4O5. The van der Waals surface area contributed by atoms with Gasteiger partial charge in [0, 0.05) is 17.8 Å². The van der Waals surface area contributed by atoms with Gasteiger partial charge in [-0.05, 0) is 40.2 Å². The van der Waals surface area contributed by atoms with E-state index in [9.17, 15) is 19.7 Å². The number of amides is 2. The number of ether oxygens (including phenoxy) is 1. The van der Waals surface area contributed by atoms with Crippen LogP contribution in [0.4, 0.5) is 17.2 Å². The molecule has 1 aliphatic rings. The summed E-state index contributed by atoms with van der Waals surface area (Å²) in [6.07, 6.45) is 0. The summed E-state index contributed by atoms with van der Waals surface area (Å²) in [7, 11) is 0. The van der Waals surface area contributed by atoms with E-state index in [1.54, 1.807) is 12.1 Å². The Morgan fingerprint density at radius 3 is 2.72 bits per heavy atom. The molecule has 1 aliphatic heterocycles. The van der Waals surface area contributed by atoms with Gasteiger partial charge in [-0.2, -0.15) is 0 Å². The van der Waals surface area contributed by atoms with Crippen LogP contribution in [-0.4, -0.2) is 34.9 Å². The minimum absolute atomic E-state index is 0.0793. The van der Waals surface area contributed by atoms with Gasteiger partial charge >= 0.3 is 0 Å². The number of nitrogens with one attached hydrogen (secondary N) is 1. The maximum atomic E-state index is 12.2. The predicted molar refractivity (Wildman–Crippen MR) is 91.5 cm³/mol. The molecule has 0 saturated carbocycles. The second-order valence-corrected chi connectivity index (χ2v) is 5.89. The summed E-state index contributed by atoms with van der Waals surface area (Å²) in [6.45, 7) is -0.434. The van der Waals surface area contributed by atoms with E-state index >= 15 is 0 Å². The van der Waals surface area contributed by atoms with Gasteiger partial charge in [-0.3, -0.25) is 24.6 Å². The van der Waals surface area contributed by atoms with Crippen molar-refractivity contribution in [3.8, 4) is 5.75 Å². The quantitative estimate of drug-likeness (QED) is 0.472. The summed E-state index contributed by atoms with van der Waals surface area (Å²) in [5.74, 6) is -0.191. The first-order valence-electron chi connectivity index (χ1n) is 7.08. The number of aromatic nitrogens is 1. The van der Waals surface area contributed by atoms with E-state index in [4.69, 9.17) is 4.74 Å². The Labute approximate surface area is 149 Å². The van der Waals surface area contributed by atoms with Gasteiger partial charge in [0.2, 0.25) is 5.91 Å². The number of nitro groups is 1. The minimum Gasteiger partial charge on any atom is -0.480 e. The number of rotatable bonds is 4. The monoisotopic (exact) mass is 406 g/mol. The Hall–Kier alpha value is -3.01. The van der Waals surface area contributed by atoms with E-state index < -0.39 is 16.7 Å². The average Bonchev–Trinajstić information content (AvgIpc) is 2.58. The van der Waals surface area contributed by atoms with Crippen molar-refractivity contribution in [1.82, 2.24) is 4.98 Å². The summed E-state index contributed by atoms with van der Waals surface area (Å²) in [6, 6.07) is 8.72. The number of halogens is 1. The maximum Gasteiger partial charge on any atom is 0.269 e. The third-order valence-electron chi connectivity index (χ3n) is 3.38. The smallest absolute Gasteiger partial charge is 0.269 e. The number of benzene rings is 1. The van der Waals surface area contributed by atoms with Crippen LogP contribution < -0.4 is 15.0 Å². The lowest BCUT2D eigenvalue weighted by Gasteiger charge is -2.27. The normalized spacial score (nSPS) is 13.0. The number of carbonyl (C=O) groups is 2. The van der Waals surface area contributed by atoms with Crippen molar-refractivity contribution >= 4 is 44.9 Å². The van der Waals surface area contributed by atoms with Crippen molar-refractivity contribution in [3.05, 3.63) is 51.1 Å². The molecule has 3 rings (SSSR count). The number of fused-ring (bicyclic) bond motifs is 1. The molecule has 128 valence electrons. The number of nitrogens with zero attached hydrogens (tertiary/aromatic N) is 3. The molecule has 1 aromatic carbocycles. The Morgan fingerprint density at radius 1 is 1.32 bits per heavy atom. The molecule has 9 nitrogen and oxygen atoms in total. The van der Waals surface area contributed by atoms with E-state index in [-0.39, 0.29) is 24.7 Å². The molecule has 1 N–H and O–H groups in total. The van der Waals surface area contributed by atoms with Crippen LogP contribution in [0.1, 0.15) is 0 Å². The van der Waals surface area contributed by atoms with Gasteiger partial charge < -0.3 is 10.1 Å². The molecule has 25 heavy (non-hydrogen) atoms. The first kappa shape index (κ1) is 16.8. The van der Waals surface area contributed by atoms with E-state index in [2.05, 4.69) is 26.2 Å². The first-order chi connectivity index (χ1) is 11.9. The molecule has 0 fully saturated rings. The summed E-state index contributed by atoms with van der Waals surface area (Å²) in [4.78, 5) is 39.8. The standard InChI is InChI=1S/C15H11BrN4O5/c16-12-6-5-11-15(18-12)19(14(22)8-25-11)7-13(21)17-9-1-3-10(4-2-9)20(23)24/h1-6H,7-8H2,(H,17,21). The fourth-order valence-corrected chi connectivity index (χ4v) is 2.53. The molecule has 10 heteroatoms. The summed E-state index contributed by atoms with van der Waals surface area (Å²) in [5.41, 5.74) is 0.308. The second-order valence-electron chi connectivity index (χ2n) is 5.08. The van der Waals surface area contributed by atoms with E-state index in [1.165, 1.54) is 29.2 Å². The van der Waals surface area contributed by atoms with Crippen LogP contribution in [0.5, 0.6) is 5.75 Å². The third-order valence-corrected chi connectivity index (χ3v) is 3.82. The van der Waals surface area contributed by atoms with Gasteiger partial charge in [0.05, 0.1) is 4.92 Å². The molecule has 0 radical (unpaired) electrons. The van der Waals surface area contributed by atoms with Gasteiger partial charge in [0.1, 0.15) is 11.1 Å². The highest BCUT2D eigenvalue weighted by atomic mass is 79.9. The van der Waals surface area contributed by atoms with Crippen LogP contribution in [0.3, 0.4) is 0 Å². The van der Waals surface area contributed by atoms with Gasteiger partial charge in [0.15, 0.2) is 18.2 Å². The van der Waals surface area contributed by atoms with E-state index in [0.717, 1.165) is 0 Å². The average molecular weight is 407 g/mol. The van der Waals surface area contributed by atoms with E-state index in [0.29, 0.717) is 16.0 Å². The van der Waals surface area contributed by atoms with Gasteiger partial charge in [-0.25, -0.2) is 4.98 Å². The summed E-state index contributed by atoms with van der Waals surface area (Å²) in [5, 5.41) is 13.2. The van der Waals surface area contributed by atoms with E-state index in [1.807, 2.05) is 0 Å². The van der Waals surface area contributed by atoms with Crippen molar-refractivity contribution in [2.45, 2.75) is 0 Å². The lowest BCUT2D eigenvalue weighted by atomic mass is 10.2. The van der Waals surface area contributed by atoms with Gasteiger partial charge in [-0.1, -0.05) is 0 Å². The lowest BCUT2D eigenvalue weighted by Crippen LogP contribution is -2.44. The Bertz CT molecular complexity index is 856. The molecule has 0 spiro atoms. The van der Waals surface area contributed by atoms with Crippen molar-refractivity contribution < 1.29 is 19.2 Å². The highest BCUT2D eigenvalue weighted by molar-refractivity contribution is 9.10. The van der Waals surface area contributed by atoms with Crippen LogP contribution in [0.25, 0.3) is 0 Å². The number of nitro benzene ring substituents is 1. The largest absolute Gasteiger partial charge is 0.480 e. The number of pyridine rings is 1. The molecule has 2 aromatic rings. The Balaban J connectivity index is 1.73. The fraction of sp³-hybridized carbons (Fsp3) is 0.133. The first-order valence-corrected chi connectivity index (χ1v) is 7.87. The zero-order valence-corrected chi connectivity index (χ0v) is 14.2. The summed E-state index contributed by atoms with van der Waals surface area (Å²) >= 11 is 3.22. The number of carbonyl (C=O) groups excluding carboxylic acids is 2. The molecule has 0 atom stereocenters. The van der Waals surface area contributed by atoms with Gasteiger partial charge in [0.25, 0.3) is 11.6 Å². The highest BCUT2D eigenvalue weighted by Gasteiger charge is 2.29. The molecule has 0 saturated heterocycles. The lowest BCUT2D eigenvalue weighted by molar-refractivity contribution is -0.384. The van der Waals surface area contributed by atoms with Crippen LogP contribution in [-0.2, 0) is 9.59 Å². The third kappa shape index (κ3) is 3.74. The molecule has 0 bridgehead atoms. The molecular weight excluding hydrogens is 396 g/mol. The van der Waals surface area contributed by atoms with Crippen molar-refractivity contribution in [2.75, 3.05) is 23.4 Å². The molecule has 0 unspecified atom stereocenters. The molecule has 0 aliphatic carbocycles. The highest BCUT2D eigenvalue weighted by Crippen LogP contribution is 2.31. The maximum absolute atomic E-state index is 12.2. The van der Waals surface area contributed by atoms with Crippen LogP contribution in [0.15, 0.2) is 41.0 Å². The van der Waals surface area contributed by atoms with Crippen LogP contribution in [0.2, 0.25) is 0 Å². The van der Waals surface area contributed by atoms with Crippen molar-refractivity contribution in [2.24, 2.45) is 0 Å². The minimum atomic E-state index is -0.529. The number of non-ortho nitro benzene ring substituents is 1. The topological polar surface area (TPSA) is 115 Å². The fourth-order valence-electron chi connectivity index (χ4n) is 2.23.